The van der Waals surface area contributed by atoms with Gasteiger partial charge in [-0.3, -0.25) is 4.79 Å². The molecule has 0 aromatic rings. The Bertz CT molecular complexity index is 203. The van der Waals surface area contributed by atoms with E-state index in [0.717, 1.165) is 25.7 Å². The van der Waals surface area contributed by atoms with E-state index < -0.39 is 0 Å². The molecule has 0 aliphatic heterocycles. The van der Waals surface area contributed by atoms with Gasteiger partial charge in [-0.1, -0.05) is 18.6 Å². The Balaban J connectivity index is 2.50. The second-order valence-electron chi connectivity index (χ2n) is 4.20. The van der Waals surface area contributed by atoms with Crippen molar-refractivity contribution in [1.29, 1.82) is 0 Å². The molecule has 1 heteroatoms. The van der Waals surface area contributed by atoms with Crippen LogP contribution >= 0.6 is 0 Å². The van der Waals surface area contributed by atoms with Crippen molar-refractivity contribution in [3.63, 3.8) is 0 Å². The molecule has 13 heavy (non-hydrogen) atoms. The van der Waals surface area contributed by atoms with E-state index in [1.54, 1.807) is 0 Å². The molecule has 1 nitrogen and oxygen atoms in total. The van der Waals surface area contributed by atoms with Gasteiger partial charge in [0.05, 0.1) is 0 Å². The molecule has 1 atom stereocenters. The number of allylic oxidation sites excluding steroid dienone is 2. The van der Waals surface area contributed by atoms with Gasteiger partial charge in [0.25, 0.3) is 0 Å². The maximum absolute atomic E-state index is 11.5. The van der Waals surface area contributed by atoms with Gasteiger partial charge in [0.15, 0.2) is 0 Å². The van der Waals surface area contributed by atoms with Crippen molar-refractivity contribution in [1.82, 2.24) is 0 Å². The zero-order valence-corrected chi connectivity index (χ0v) is 8.81. The minimum Gasteiger partial charge on any atom is -0.299 e. The number of ketones is 1. The van der Waals surface area contributed by atoms with E-state index in [0.29, 0.717) is 5.78 Å². The number of carbonyl (C=O) groups is 1. The third-order valence-corrected chi connectivity index (χ3v) is 2.89. The summed E-state index contributed by atoms with van der Waals surface area (Å²) in [5.41, 5.74) is 1.50. The first-order chi connectivity index (χ1) is 6.20. The molecule has 0 bridgehead atoms. The summed E-state index contributed by atoms with van der Waals surface area (Å²) in [6.07, 6.45) is 8.66. The van der Waals surface area contributed by atoms with E-state index in [4.69, 9.17) is 0 Å². The highest BCUT2D eigenvalue weighted by Crippen LogP contribution is 2.17. The summed E-state index contributed by atoms with van der Waals surface area (Å²) >= 11 is 0. The first-order valence-corrected chi connectivity index (χ1v) is 5.38. The first-order valence-electron chi connectivity index (χ1n) is 5.38. The molecule has 74 valence electrons. The number of carbonyl (C=O) groups excluding carboxylic acids is 1. The van der Waals surface area contributed by atoms with Gasteiger partial charge in [-0.2, -0.15) is 0 Å². The molecule has 1 rings (SSSR count). The molecule has 0 radical (unpaired) electrons. The highest BCUT2D eigenvalue weighted by Gasteiger charge is 2.12. The average Bonchev–Trinajstić information content (AvgIpc) is 2.11. The number of hydrogen-bond donors (Lipinski definition) is 0. The number of hydrogen-bond acceptors (Lipinski definition) is 1. The molecule has 1 aliphatic carbocycles. The van der Waals surface area contributed by atoms with Crippen molar-refractivity contribution in [3.8, 4) is 0 Å². The summed E-state index contributed by atoms with van der Waals surface area (Å²) in [5, 5.41) is 0. The van der Waals surface area contributed by atoms with Gasteiger partial charge in [-0.25, -0.2) is 0 Å². The Kier molecular flexibility index (Phi) is 4.20. The fourth-order valence-electron chi connectivity index (χ4n) is 1.79. The molecular formula is C12H20O. The van der Waals surface area contributed by atoms with Crippen molar-refractivity contribution >= 4 is 5.78 Å². The first kappa shape index (κ1) is 10.5. The predicted molar refractivity (Wildman–Crippen MR) is 55.6 cm³/mol. The van der Waals surface area contributed by atoms with Gasteiger partial charge in [0.1, 0.15) is 5.78 Å². The van der Waals surface area contributed by atoms with E-state index in [2.05, 4.69) is 19.9 Å². The Morgan fingerprint density at radius 3 is 2.77 bits per heavy atom. The van der Waals surface area contributed by atoms with Crippen LogP contribution in [0.1, 0.15) is 52.4 Å². The Morgan fingerprint density at radius 1 is 1.31 bits per heavy atom. The lowest BCUT2D eigenvalue weighted by Gasteiger charge is -2.11. The van der Waals surface area contributed by atoms with Crippen molar-refractivity contribution in [3.05, 3.63) is 11.6 Å². The van der Waals surface area contributed by atoms with E-state index in [9.17, 15) is 4.79 Å². The molecule has 0 aromatic carbocycles. The van der Waals surface area contributed by atoms with Crippen LogP contribution in [0.5, 0.6) is 0 Å². The molecule has 0 fully saturated rings. The van der Waals surface area contributed by atoms with Crippen LogP contribution in [0.4, 0.5) is 0 Å². The van der Waals surface area contributed by atoms with Gasteiger partial charge in [0.2, 0.25) is 0 Å². The third-order valence-electron chi connectivity index (χ3n) is 2.89. The average molecular weight is 180 g/mol. The van der Waals surface area contributed by atoms with Crippen LogP contribution in [-0.2, 0) is 4.79 Å². The van der Waals surface area contributed by atoms with E-state index >= 15 is 0 Å². The molecule has 0 saturated carbocycles. The molecule has 0 spiro atoms. The minimum atomic E-state index is 0.280. The topological polar surface area (TPSA) is 17.1 Å². The molecular weight excluding hydrogens is 160 g/mol. The molecule has 1 aliphatic rings. The van der Waals surface area contributed by atoms with Gasteiger partial charge in [-0.05, 0) is 39.0 Å². The SMILES string of the molecule is C/C1=C\CCC(C)C(=O)CCCC1. The molecule has 1 unspecified atom stereocenters. The van der Waals surface area contributed by atoms with Crippen LogP contribution in [-0.4, -0.2) is 5.78 Å². The fraction of sp³-hybridized carbons (Fsp3) is 0.750. The highest BCUT2D eigenvalue weighted by atomic mass is 16.1. The van der Waals surface area contributed by atoms with E-state index in [-0.39, 0.29) is 5.92 Å². The van der Waals surface area contributed by atoms with Crippen molar-refractivity contribution in [2.45, 2.75) is 52.4 Å². The van der Waals surface area contributed by atoms with Crippen molar-refractivity contribution < 1.29 is 4.79 Å². The summed E-state index contributed by atoms with van der Waals surface area (Å²) in [5.74, 6) is 0.745. The molecule has 0 aromatic heterocycles. The number of rotatable bonds is 0. The van der Waals surface area contributed by atoms with Crippen LogP contribution in [0.3, 0.4) is 0 Å². The van der Waals surface area contributed by atoms with E-state index in [1.807, 2.05) is 0 Å². The molecule has 0 saturated heterocycles. The van der Waals surface area contributed by atoms with Crippen LogP contribution < -0.4 is 0 Å². The smallest absolute Gasteiger partial charge is 0.135 e. The van der Waals surface area contributed by atoms with Gasteiger partial charge < -0.3 is 0 Å². The lowest BCUT2D eigenvalue weighted by Crippen LogP contribution is -2.10. The third kappa shape index (κ3) is 3.75. The Hall–Kier alpha value is -0.590. The van der Waals surface area contributed by atoms with Crippen LogP contribution in [0, 0.1) is 5.92 Å². The van der Waals surface area contributed by atoms with Gasteiger partial charge >= 0.3 is 0 Å². The van der Waals surface area contributed by atoms with Crippen molar-refractivity contribution in [2.75, 3.05) is 0 Å². The zero-order chi connectivity index (χ0) is 9.68. The van der Waals surface area contributed by atoms with Crippen LogP contribution in [0.2, 0.25) is 0 Å². The van der Waals surface area contributed by atoms with Crippen LogP contribution in [0.25, 0.3) is 0 Å². The summed E-state index contributed by atoms with van der Waals surface area (Å²) in [7, 11) is 0. The van der Waals surface area contributed by atoms with Gasteiger partial charge in [0, 0.05) is 12.3 Å². The second-order valence-corrected chi connectivity index (χ2v) is 4.20. The number of Topliss-reactive ketones (excluding diaryl/α,β-unsaturated/α-hetero) is 1. The maximum Gasteiger partial charge on any atom is 0.135 e. The summed E-state index contributed by atoms with van der Waals surface area (Å²) < 4.78 is 0. The quantitative estimate of drug-likeness (QED) is 0.521. The second kappa shape index (κ2) is 5.21. The molecule has 0 heterocycles. The largest absolute Gasteiger partial charge is 0.299 e. The van der Waals surface area contributed by atoms with Gasteiger partial charge in [-0.15, -0.1) is 0 Å². The zero-order valence-electron chi connectivity index (χ0n) is 8.81. The fourth-order valence-corrected chi connectivity index (χ4v) is 1.79. The standard InChI is InChI=1S/C12H20O/c1-10-6-3-4-9-12(13)11(2)8-5-7-10/h7,11H,3-6,8-9H2,1-2H3/b10-7+. The Labute approximate surface area is 81.2 Å². The van der Waals surface area contributed by atoms with Crippen molar-refractivity contribution in [2.24, 2.45) is 5.92 Å². The summed E-state index contributed by atoms with van der Waals surface area (Å²) in [6.45, 7) is 4.27. The normalized spacial score (nSPS) is 30.8. The maximum atomic E-state index is 11.5. The summed E-state index contributed by atoms with van der Waals surface area (Å²) in [6, 6.07) is 0. The minimum absolute atomic E-state index is 0.280. The highest BCUT2D eigenvalue weighted by molar-refractivity contribution is 5.80. The lowest BCUT2D eigenvalue weighted by molar-refractivity contribution is -0.122. The predicted octanol–water partition coefficient (Wildman–Crippen LogP) is 3.49. The molecule has 0 amide bonds. The monoisotopic (exact) mass is 180 g/mol. The Morgan fingerprint density at radius 2 is 2.00 bits per heavy atom. The van der Waals surface area contributed by atoms with E-state index in [1.165, 1.54) is 18.4 Å². The summed E-state index contributed by atoms with van der Waals surface area (Å²) in [4.78, 5) is 11.5. The molecule has 0 N–H and O–H groups in total. The van der Waals surface area contributed by atoms with Crippen LogP contribution in [0.15, 0.2) is 11.6 Å². The lowest BCUT2D eigenvalue weighted by atomic mass is 9.93.